The zero-order valence-electron chi connectivity index (χ0n) is 5.59. The molecule has 1 aromatic rings. The van der Waals surface area contributed by atoms with Crippen LogP contribution in [0.3, 0.4) is 0 Å². The van der Waals surface area contributed by atoms with E-state index in [2.05, 4.69) is 0 Å². The van der Waals surface area contributed by atoms with E-state index in [0.29, 0.717) is 0 Å². The lowest BCUT2D eigenvalue weighted by molar-refractivity contribution is 0.203. The molecule has 1 rings (SSSR count). The number of aryl methyl sites for hydroxylation is 1. The van der Waals surface area contributed by atoms with E-state index < -0.39 is 0 Å². The van der Waals surface area contributed by atoms with Gasteiger partial charge in [-0.3, -0.25) is 0 Å². The molecule has 2 heteroatoms. The van der Waals surface area contributed by atoms with Gasteiger partial charge in [0.2, 0.25) is 0 Å². The van der Waals surface area contributed by atoms with Crippen LogP contribution >= 0.6 is 11.3 Å². The van der Waals surface area contributed by atoms with Crippen LogP contribution in [0.25, 0.3) is 0 Å². The number of hydrogen-bond acceptors (Lipinski definition) is 2. The largest absolute Gasteiger partial charge is 0.388 e. The highest BCUT2D eigenvalue weighted by Gasteiger charge is 2.00. The summed E-state index contributed by atoms with van der Waals surface area (Å²) in [7, 11) is 0. The summed E-state index contributed by atoms with van der Waals surface area (Å²) in [5, 5.41) is 9.05. The third kappa shape index (κ3) is 1.53. The lowest BCUT2D eigenvalue weighted by Crippen LogP contribution is -1.82. The van der Waals surface area contributed by atoms with Crippen molar-refractivity contribution in [1.29, 1.82) is 0 Å². The molecule has 50 valence electrons. The SMILES string of the molecule is Cc1ccc([C@@H](C)O)s1. The Hall–Kier alpha value is -0.340. The molecule has 9 heavy (non-hydrogen) atoms. The second kappa shape index (κ2) is 2.50. The maximum Gasteiger partial charge on any atom is 0.0854 e. The number of hydrogen-bond donors (Lipinski definition) is 1. The van der Waals surface area contributed by atoms with Crippen molar-refractivity contribution in [3.05, 3.63) is 21.9 Å². The second-order valence-corrected chi connectivity index (χ2v) is 3.44. The molecule has 0 unspecified atom stereocenters. The Morgan fingerprint density at radius 1 is 1.56 bits per heavy atom. The normalized spacial score (nSPS) is 13.7. The summed E-state index contributed by atoms with van der Waals surface area (Å²) in [5.41, 5.74) is 0. The molecule has 0 fully saturated rings. The van der Waals surface area contributed by atoms with Crippen LogP contribution in [0.4, 0.5) is 0 Å². The van der Waals surface area contributed by atoms with Gasteiger partial charge in [0.05, 0.1) is 6.10 Å². The summed E-state index contributed by atoms with van der Waals surface area (Å²) in [6.45, 7) is 3.82. The summed E-state index contributed by atoms with van der Waals surface area (Å²) in [4.78, 5) is 2.30. The Kier molecular flexibility index (Phi) is 1.88. The Morgan fingerprint density at radius 3 is 2.44 bits per heavy atom. The van der Waals surface area contributed by atoms with E-state index in [1.165, 1.54) is 4.88 Å². The van der Waals surface area contributed by atoms with Gasteiger partial charge < -0.3 is 5.11 Å². The topological polar surface area (TPSA) is 20.2 Å². The molecule has 0 spiro atoms. The highest BCUT2D eigenvalue weighted by atomic mass is 32.1. The van der Waals surface area contributed by atoms with Gasteiger partial charge in [0.15, 0.2) is 0 Å². The molecule has 0 aromatic carbocycles. The molecule has 1 aromatic heterocycles. The Labute approximate surface area is 59.0 Å². The Morgan fingerprint density at radius 2 is 2.22 bits per heavy atom. The molecule has 0 amide bonds. The van der Waals surface area contributed by atoms with Crippen molar-refractivity contribution in [2.24, 2.45) is 0 Å². The molecular weight excluding hydrogens is 132 g/mol. The van der Waals surface area contributed by atoms with Crippen molar-refractivity contribution < 1.29 is 5.11 Å². The predicted octanol–water partition coefficient (Wildman–Crippen LogP) is 2.11. The fraction of sp³-hybridized carbons (Fsp3) is 0.429. The molecular formula is C7H10OS. The lowest BCUT2D eigenvalue weighted by Gasteiger charge is -1.95. The van der Waals surface area contributed by atoms with Gasteiger partial charge >= 0.3 is 0 Å². The third-order valence-electron chi connectivity index (χ3n) is 1.17. The smallest absolute Gasteiger partial charge is 0.0854 e. The van der Waals surface area contributed by atoms with Gasteiger partial charge in [-0.2, -0.15) is 0 Å². The highest BCUT2D eigenvalue weighted by molar-refractivity contribution is 7.11. The average Bonchev–Trinajstić information content (AvgIpc) is 2.14. The van der Waals surface area contributed by atoms with E-state index in [1.807, 2.05) is 19.1 Å². The molecule has 0 saturated heterocycles. The van der Waals surface area contributed by atoms with Gasteiger partial charge in [-0.15, -0.1) is 11.3 Å². The van der Waals surface area contributed by atoms with Gasteiger partial charge in [0.25, 0.3) is 0 Å². The molecule has 0 saturated carbocycles. The van der Waals surface area contributed by atoms with Crippen LogP contribution in [0.2, 0.25) is 0 Å². The standard InChI is InChI=1S/C7H10OS/c1-5-3-4-7(9-5)6(2)8/h3-4,6,8H,1-2H3/t6-/m1/s1. The summed E-state index contributed by atoms with van der Waals surface area (Å²) in [6.07, 6.45) is -0.302. The molecule has 0 aliphatic carbocycles. The first-order valence-corrected chi connectivity index (χ1v) is 3.76. The number of thiophene rings is 1. The fourth-order valence-corrected chi connectivity index (χ4v) is 1.49. The molecule has 1 nitrogen and oxygen atoms in total. The van der Waals surface area contributed by atoms with Crippen molar-refractivity contribution in [3.8, 4) is 0 Å². The first-order chi connectivity index (χ1) is 4.20. The van der Waals surface area contributed by atoms with Crippen LogP contribution in [0.1, 0.15) is 22.8 Å². The summed E-state index contributed by atoms with van der Waals surface area (Å²) >= 11 is 1.65. The maximum atomic E-state index is 9.05. The zero-order chi connectivity index (χ0) is 6.85. The minimum atomic E-state index is -0.302. The maximum absolute atomic E-state index is 9.05. The van der Waals surface area contributed by atoms with Crippen LogP contribution in [0.5, 0.6) is 0 Å². The van der Waals surface area contributed by atoms with Gasteiger partial charge in [0, 0.05) is 9.75 Å². The summed E-state index contributed by atoms with van der Waals surface area (Å²) < 4.78 is 0. The van der Waals surface area contributed by atoms with E-state index in [4.69, 9.17) is 5.11 Å². The minimum absolute atomic E-state index is 0.302. The average molecular weight is 142 g/mol. The second-order valence-electron chi connectivity index (χ2n) is 2.12. The van der Waals surface area contributed by atoms with E-state index in [-0.39, 0.29) is 6.10 Å². The Bertz CT molecular complexity index is 191. The highest BCUT2D eigenvalue weighted by Crippen LogP contribution is 2.21. The predicted molar refractivity (Wildman–Crippen MR) is 39.7 cm³/mol. The molecule has 0 radical (unpaired) electrons. The van der Waals surface area contributed by atoms with Crippen LogP contribution in [-0.2, 0) is 0 Å². The van der Waals surface area contributed by atoms with Gasteiger partial charge in [-0.25, -0.2) is 0 Å². The molecule has 1 heterocycles. The van der Waals surface area contributed by atoms with E-state index in [0.717, 1.165) is 4.88 Å². The van der Waals surface area contributed by atoms with Crippen molar-refractivity contribution in [2.75, 3.05) is 0 Å². The number of rotatable bonds is 1. The van der Waals surface area contributed by atoms with Crippen LogP contribution in [-0.4, -0.2) is 5.11 Å². The number of aliphatic hydroxyl groups is 1. The first-order valence-electron chi connectivity index (χ1n) is 2.94. The van der Waals surface area contributed by atoms with Crippen LogP contribution < -0.4 is 0 Å². The van der Waals surface area contributed by atoms with Gasteiger partial charge in [0.1, 0.15) is 0 Å². The van der Waals surface area contributed by atoms with Gasteiger partial charge in [-0.1, -0.05) is 0 Å². The third-order valence-corrected chi connectivity index (χ3v) is 2.34. The minimum Gasteiger partial charge on any atom is -0.388 e. The van der Waals surface area contributed by atoms with Crippen molar-refractivity contribution in [3.63, 3.8) is 0 Å². The van der Waals surface area contributed by atoms with Crippen molar-refractivity contribution in [2.45, 2.75) is 20.0 Å². The molecule has 1 atom stereocenters. The summed E-state index contributed by atoms with van der Waals surface area (Å²) in [6, 6.07) is 3.98. The van der Waals surface area contributed by atoms with E-state index in [9.17, 15) is 0 Å². The molecule has 1 N–H and O–H groups in total. The zero-order valence-corrected chi connectivity index (χ0v) is 6.40. The lowest BCUT2D eigenvalue weighted by atomic mass is 10.3. The van der Waals surface area contributed by atoms with E-state index in [1.54, 1.807) is 18.3 Å². The quantitative estimate of drug-likeness (QED) is 0.636. The molecule has 0 aliphatic rings. The molecule has 0 bridgehead atoms. The van der Waals surface area contributed by atoms with Gasteiger partial charge in [-0.05, 0) is 26.0 Å². The summed E-state index contributed by atoms with van der Waals surface area (Å²) in [5.74, 6) is 0. The molecule has 0 aliphatic heterocycles. The monoisotopic (exact) mass is 142 g/mol. The van der Waals surface area contributed by atoms with E-state index >= 15 is 0 Å². The van der Waals surface area contributed by atoms with Crippen molar-refractivity contribution >= 4 is 11.3 Å². The van der Waals surface area contributed by atoms with Crippen molar-refractivity contribution in [1.82, 2.24) is 0 Å². The number of aliphatic hydroxyl groups excluding tert-OH is 1. The Balaban J connectivity index is 2.85. The first kappa shape index (κ1) is 6.78. The van der Waals surface area contributed by atoms with Crippen LogP contribution in [0, 0.1) is 6.92 Å². The fourth-order valence-electron chi connectivity index (χ4n) is 0.678. The van der Waals surface area contributed by atoms with Crippen LogP contribution in [0.15, 0.2) is 12.1 Å².